The van der Waals surface area contributed by atoms with Crippen LogP contribution in [0.3, 0.4) is 0 Å². The minimum atomic E-state index is 0.330. The molecule has 0 bridgehead atoms. The standard InChI is InChI=1S/C11H19N3O/c1-8(2)4-3-7-15-10-6-5-9(12)11(13)14-10/h5-6,8H,3-4,7,12H2,1-2H3,(H2,13,14). The number of nitrogen functional groups attached to an aromatic ring is 2. The third-order valence-electron chi connectivity index (χ3n) is 2.11. The van der Waals surface area contributed by atoms with Gasteiger partial charge in [-0.15, -0.1) is 0 Å². The van der Waals surface area contributed by atoms with Crippen LogP contribution in [0.4, 0.5) is 11.5 Å². The number of pyridine rings is 1. The van der Waals surface area contributed by atoms with E-state index in [0.717, 1.165) is 12.8 Å². The molecule has 0 aliphatic heterocycles. The average molecular weight is 209 g/mol. The van der Waals surface area contributed by atoms with Crippen LogP contribution in [0.25, 0.3) is 0 Å². The van der Waals surface area contributed by atoms with Gasteiger partial charge >= 0.3 is 0 Å². The van der Waals surface area contributed by atoms with E-state index in [9.17, 15) is 0 Å². The van der Waals surface area contributed by atoms with Crippen molar-refractivity contribution < 1.29 is 4.74 Å². The van der Waals surface area contributed by atoms with E-state index in [1.165, 1.54) is 0 Å². The number of anilines is 2. The van der Waals surface area contributed by atoms with E-state index in [-0.39, 0.29) is 0 Å². The van der Waals surface area contributed by atoms with Crippen LogP contribution in [0, 0.1) is 5.92 Å². The number of aromatic nitrogens is 1. The summed E-state index contributed by atoms with van der Waals surface area (Å²) in [5.41, 5.74) is 11.6. The molecule has 15 heavy (non-hydrogen) atoms. The molecule has 0 aromatic carbocycles. The van der Waals surface area contributed by atoms with E-state index in [2.05, 4.69) is 18.8 Å². The molecular formula is C11H19N3O. The summed E-state index contributed by atoms with van der Waals surface area (Å²) < 4.78 is 5.45. The highest BCUT2D eigenvalue weighted by Gasteiger charge is 2.00. The second kappa shape index (κ2) is 5.44. The number of rotatable bonds is 5. The maximum absolute atomic E-state index is 5.56. The summed E-state index contributed by atoms with van der Waals surface area (Å²) >= 11 is 0. The fraction of sp³-hybridized carbons (Fsp3) is 0.545. The van der Waals surface area contributed by atoms with Gasteiger partial charge in [-0.3, -0.25) is 0 Å². The Morgan fingerprint density at radius 1 is 1.33 bits per heavy atom. The smallest absolute Gasteiger partial charge is 0.215 e. The van der Waals surface area contributed by atoms with Crippen molar-refractivity contribution in [1.82, 2.24) is 4.98 Å². The Morgan fingerprint density at radius 3 is 2.67 bits per heavy atom. The molecule has 1 aromatic rings. The van der Waals surface area contributed by atoms with Crippen molar-refractivity contribution in [2.45, 2.75) is 26.7 Å². The molecule has 0 fully saturated rings. The zero-order valence-corrected chi connectivity index (χ0v) is 9.36. The summed E-state index contributed by atoms with van der Waals surface area (Å²) in [5, 5.41) is 0. The molecule has 0 radical (unpaired) electrons. The molecule has 0 atom stereocenters. The number of nitrogens with zero attached hydrogens (tertiary/aromatic N) is 1. The molecule has 4 N–H and O–H groups in total. The molecule has 1 heterocycles. The molecule has 0 spiro atoms. The summed E-state index contributed by atoms with van der Waals surface area (Å²) in [7, 11) is 0. The number of hydrogen-bond acceptors (Lipinski definition) is 4. The Bertz CT molecular complexity index is 313. The van der Waals surface area contributed by atoms with E-state index in [4.69, 9.17) is 16.2 Å². The molecule has 0 saturated heterocycles. The minimum Gasteiger partial charge on any atom is -0.478 e. The lowest BCUT2D eigenvalue weighted by Crippen LogP contribution is -2.03. The van der Waals surface area contributed by atoms with Gasteiger partial charge in [0.2, 0.25) is 5.88 Å². The third-order valence-corrected chi connectivity index (χ3v) is 2.11. The van der Waals surface area contributed by atoms with Crippen LogP contribution < -0.4 is 16.2 Å². The summed E-state index contributed by atoms with van der Waals surface area (Å²) in [4.78, 5) is 4.02. The van der Waals surface area contributed by atoms with E-state index < -0.39 is 0 Å². The van der Waals surface area contributed by atoms with Crippen LogP contribution in [0.1, 0.15) is 26.7 Å². The Morgan fingerprint density at radius 2 is 2.07 bits per heavy atom. The van der Waals surface area contributed by atoms with Gasteiger partial charge in [-0.05, 0) is 24.8 Å². The maximum Gasteiger partial charge on any atom is 0.215 e. The van der Waals surface area contributed by atoms with Crippen molar-refractivity contribution in [2.24, 2.45) is 5.92 Å². The Balaban J connectivity index is 2.35. The van der Waals surface area contributed by atoms with Gasteiger partial charge in [0.1, 0.15) is 0 Å². The van der Waals surface area contributed by atoms with Gasteiger partial charge in [0.15, 0.2) is 5.82 Å². The predicted molar refractivity (Wildman–Crippen MR) is 62.6 cm³/mol. The molecule has 1 aromatic heterocycles. The van der Waals surface area contributed by atoms with E-state index >= 15 is 0 Å². The van der Waals surface area contributed by atoms with E-state index in [1.54, 1.807) is 12.1 Å². The van der Waals surface area contributed by atoms with Crippen LogP contribution in [0.5, 0.6) is 5.88 Å². The van der Waals surface area contributed by atoms with Crippen LogP contribution >= 0.6 is 0 Å². The molecule has 1 rings (SSSR count). The highest BCUT2D eigenvalue weighted by Crippen LogP contribution is 2.16. The summed E-state index contributed by atoms with van der Waals surface area (Å²) in [6, 6.07) is 3.45. The van der Waals surface area contributed by atoms with Crippen LogP contribution in [-0.2, 0) is 0 Å². The topological polar surface area (TPSA) is 74.2 Å². The monoisotopic (exact) mass is 209 g/mol. The summed E-state index contributed by atoms with van der Waals surface area (Å²) in [6.07, 6.45) is 2.19. The van der Waals surface area contributed by atoms with Gasteiger partial charge in [-0.2, -0.15) is 4.98 Å². The zero-order chi connectivity index (χ0) is 11.3. The first-order valence-electron chi connectivity index (χ1n) is 5.24. The third kappa shape index (κ3) is 4.06. The number of ether oxygens (including phenoxy) is 1. The first-order chi connectivity index (χ1) is 7.09. The molecule has 0 saturated carbocycles. The van der Waals surface area contributed by atoms with Crippen LogP contribution in [0.15, 0.2) is 12.1 Å². The SMILES string of the molecule is CC(C)CCCOc1ccc(N)c(N)n1. The molecule has 4 heteroatoms. The molecular weight excluding hydrogens is 190 g/mol. The van der Waals surface area contributed by atoms with Crippen LogP contribution in [0.2, 0.25) is 0 Å². The average Bonchev–Trinajstić information content (AvgIpc) is 2.18. The Hall–Kier alpha value is -1.45. The van der Waals surface area contributed by atoms with Gasteiger partial charge in [0.25, 0.3) is 0 Å². The molecule has 0 amide bonds. The lowest BCUT2D eigenvalue weighted by atomic mass is 10.1. The Kier molecular flexibility index (Phi) is 4.21. The summed E-state index contributed by atoms with van der Waals surface area (Å²) in [6.45, 7) is 5.06. The molecule has 84 valence electrons. The van der Waals surface area contributed by atoms with Gasteiger partial charge in [0.05, 0.1) is 12.3 Å². The number of nitrogens with two attached hydrogens (primary N) is 2. The Labute approximate surface area is 90.6 Å². The predicted octanol–water partition coefficient (Wildman–Crippen LogP) is 2.06. The minimum absolute atomic E-state index is 0.330. The first kappa shape index (κ1) is 11.6. The fourth-order valence-corrected chi connectivity index (χ4v) is 1.22. The van der Waals surface area contributed by atoms with Gasteiger partial charge in [0, 0.05) is 6.07 Å². The lowest BCUT2D eigenvalue weighted by molar-refractivity contribution is 0.288. The van der Waals surface area contributed by atoms with Crippen molar-refractivity contribution in [3.63, 3.8) is 0 Å². The number of hydrogen-bond donors (Lipinski definition) is 2. The highest BCUT2D eigenvalue weighted by atomic mass is 16.5. The largest absolute Gasteiger partial charge is 0.478 e. The van der Waals surface area contributed by atoms with Crippen molar-refractivity contribution in [3.05, 3.63) is 12.1 Å². The van der Waals surface area contributed by atoms with Crippen LogP contribution in [-0.4, -0.2) is 11.6 Å². The van der Waals surface area contributed by atoms with Crippen molar-refractivity contribution in [2.75, 3.05) is 18.1 Å². The quantitative estimate of drug-likeness (QED) is 0.728. The second-order valence-corrected chi connectivity index (χ2v) is 4.01. The van der Waals surface area contributed by atoms with Crippen molar-refractivity contribution in [1.29, 1.82) is 0 Å². The normalized spacial score (nSPS) is 10.6. The molecule has 0 aliphatic carbocycles. The van der Waals surface area contributed by atoms with Crippen molar-refractivity contribution >= 4 is 11.5 Å². The molecule has 4 nitrogen and oxygen atoms in total. The molecule has 0 unspecified atom stereocenters. The second-order valence-electron chi connectivity index (χ2n) is 4.01. The lowest BCUT2D eigenvalue weighted by Gasteiger charge is -2.07. The fourth-order valence-electron chi connectivity index (χ4n) is 1.22. The maximum atomic E-state index is 5.56. The molecule has 0 aliphatic rings. The van der Waals surface area contributed by atoms with Gasteiger partial charge < -0.3 is 16.2 Å². The van der Waals surface area contributed by atoms with E-state index in [1.807, 2.05) is 0 Å². The highest BCUT2D eigenvalue weighted by molar-refractivity contribution is 5.58. The zero-order valence-electron chi connectivity index (χ0n) is 9.36. The van der Waals surface area contributed by atoms with Gasteiger partial charge in [-0.1, -0.05) is 13.8 Å². The van der Waals surface area contributed by atoms with Gasteiger partial charge in [-0.25, -0.2) is 0 Å². The first-order valence-corrected chi connectivity index (χ1v) is 5.24. The summed E-state index contributed by atoms with van der Waals surface area (Å²) in [5.74, 6) is 1.58. The van der Waals surface area contributed by atoms with E-state index in [0.29, 0.717) is 29.9 Å². The van der Waals surface area contributed by atoms with Crippen molar-refractivity contribution in [3.8, 4) is 5.88 Å².